The SMILES string of the molecule is COc1cccc2c(N)c(Cl)c(C)nc12. The van der Waals surface area contributed by atoms with Crippen molar-refractivity contribution in [3.8, 4) is 5.75 Å². The third kappa shape index (κ3) is 1.49. The highest BCUT2D eigenvalue weighted by atomic mass is 35.5. The van der Waals surface area contributed by atoms with Crippen LogP contribution in [0, 0.1) is 6.92 Å². The highest BCUT2D eigenvalue weighted by molar-refractivity contribution is 6.35. The van der Waals surface area contributed by atoms with Crippen LogP contribution in [0.15, 0.2) is 18.2 Å². The van der Waals surface area contributed by atoms with Crippen molar-refractivity contribution in [2.45, 2.75) is 6.92 Å². The van der Waals surface area contributed by atoms with E-state index in [-0.39, 0.29) is 0 Å². The highest BCUT2D eigenvalue weighted by Crippen LogP contribution is 2.33. The first-order valence-electron chi connectivity index (χ1n) is 4.53. The molecule has 0 fully saturated rings. The van der Waals surface area contributed by atoms with Gasteiger partial charge in [0.2, 0.25) is 0 Å². The number of nitrogens with zero attached hydrogens (tertiary/aromatic N) is 1. The van der Waals surface area contributed by atoms with E-state index in [1.807, 2.05) is 25.1 Å². The lowest BCUT2D eigenvalue weighted by Crippen LogP contribution is -1.96. The number of benzene rings is 1. The molecule has 4 heteroatoms. The first kappa shape index (κ1) is 10.1. The molecule has 0 saturated heterocycles. The molecule has 0 bridgehead atoms. The summed E-state index contributed by atoms with van der Waals surface area (Å²) in [5, 5.41) is 1.33. The molecule has 0 saturated carbocycles. The maximum Gasteiger partial charge on any atom is 0.145 e. The van der Waals surface area contributed by atoms with Gasteiger partial charge in [-0.15, -0.1) is 0 Å². The molecular formula is C11H11ClN2O. The second-order valence-corrected chi connectivity index (χ2v) is 3.66. The van der Waals surface area contributed by atoms with E-state index in [1.165, 1.54) is 0 Å². The molecule has 0 aliphatic rings. The molecule has 1 heterocycles. The number of methoxy groups -OCH3 is 1. The Labute approximate surface area is 92.8 Å². The zero-order chi connectivity index (χ0) is 11.0. The van der Waals surface area contributed by atoms with Gasteiger partial charge in [0.25, 0.3) is 0 Å². The minimum Gasteiger partial charge on any atom is -0.494 e. The van der Waals surface area contributed by atoms with E-state index in [9.17, 15) is 0 Å². The Morgan fingerprint density at radius 3 is 2.80 bits per heavy atom. The van der Waals surface area contributed by atoms with Crippen molar-refractivity contribution in [1.82, 2.24) is 4.98 Å². The number of nitrogens with two attached hydrogens (primary N) is 1. The molecule has 2 rings (SSSR count). The number of ether oxygens (including phenoxy) is 1. The van der Waals surface area contributed by atoms with Crippen LogP contribution < -0.4 is 10.5 Å². The number of aromatic nitrogens is 1. The smallest absolute Gasteiger partial charge is 0.145 e. The van der Waals surface area contributed by atoms with Gasteiger partial charge in [0.15, 0.2) is 0 Å². The zero-order valence-electron chi connectivity index (χ0n) is 8.54. The fraction of sp³-hybridized carbons (Fsp3) is 0.182. The Hall–Kier alpha value is -1.48. The summed E-state index contributed by atoms with van der Waals surface area (Å²) in [6.45, 7) is 1.82. The topological polar surface area (TPSA) is 48.1 Å². The number of para-hydroxylation sites is 1. The first-order chi connectivity index (χ1) is 7.15. The van der Waals surface area contributed by atoms with E-state index >= 15 is 0 Å². The lowest BCUT2D eigenvalue weighted by Gasteiger charge is -2.09. The van der Waals surface area contributed by atoms with Gasteiger partial charge in [0.1, 0.15) is 11.3 Å². The molecule has 0 spiro atoms. The number of pyridine rings is 1. The van der Waals surface area contributed by atoms with Crippen LogP contribution in [-0.2, 0) is 0 Å². The van der Waals surface area contributed by atoms with Crippen molar-refractivity contribution in [2.75, 3.05) is 12.8 Å². The van der Waals surface area contributed by atoms with Crippen LogP contribution in [0.1, 0.15) is 5.69 Å². The normalized spacial score (nSPS) is 10.6. The first-order valence-corrected chi connectivity index (χ1v) is 4.91. The van der Waals surface area contributed by atoms with Crippen LogP contribution in [-0.4, -0.2) is 12.1 Å². The largest absolute Gasteiger partial charge is 0.494 e. The molecule has 0 unspecified atom stereocenters. The third-order valence-corrected chi connectivity index (χ3v) is 2.82. The van der Waals surface area contributed by atoms with Gasteiger partial charge in [0, 0.05) is 5.39 Å². The molecule has 78 valence electrons. The highest BCUT2D eigenvalue weighted by Gasteiger charge is 2.10. The van der Waals surface area contributed by atoms with Crippen LogP contribution in [0.4, 0.5) is 5.69 Å². The lowest BCUT2D eigenvalue weighted by atomic mass is 10.1. The summed E-state index contributed by atoms with van der Waals surface area (Å²) in [5.74, 6) is 0.707. The molecule has 15 heavy (non-hydrogen) atoms. The Bertz CT molecular complexity index is 525. The van der Waals surface area contributed by atoms with E-state index in [4.69, 9.17) is 22.1 Å². The Morgan fingerprint density at radius 1 is 1.40 bits per heavy atom. The maximum atomic E-state index is 6.02. The standard InChI is InChI=1S/C11H11ClN2O/c1-6-9(12)10(13)7-4-3-5-8(15-2)11(7)14-6/h3-5H,1-2H3,(H2,13,14). The molecule has 0 aliphatic heterocycles. The minimum absolute atomic E-state index is 0.510. The van der Waals surface area contributed by atoms with E-state index in [0.717, 1.165) is 10.9 Å². The molecule has 3 nitrogen and oxygen atoms in total. The summed E-state index contributed by atoms with van der Waals surface area (Å²) in [7, 11) is 1.61. The number of anilines is 1. The average molecular weight is 223 g/mol. The van der Waals surface area contributed by atoms with Crippen LogP contribution in [0.5, 0.6) is 5.75 Å². The van der Waals surface area contributed by atoms with Crippen LogP contribution in [0.25, 0.3) is 10.9 Å². The van der Waals surface area contributed by atoms with Crippen LogP contribution >= 0.6 is 11.6 Å². The quantitative estimate of drug-likeness (QED) is 0.807. The Balaban J connectivity index is 2.91. The van der Waals surface area contributed by atoms with E-state index in [2.05, 4.69) is 4.98 Å². The number of aryl methyl sites for hydroxylation is 1. The van der Waals surface area contributed by atoms with Crippen molar-refractivity contribution in [3.63, 3.8) is 0 Å². The van der Waals surface area contributed by atoms with E-state index < -0.39 is 0 Å². The number of fused-ring (bicyclic) bond motifs is 1. The van der Waals surface area contributed by atoms with Crippen molar-refractivity contribution in [3.05, 3.63) is 28.9 Å². The van der Waals surface area contributed by atoms with Crippen molar-refractivity contribution >= 4 is 28.2 Å². The fourth-order valence-electron chi connectivity index (χ4n) is 1.55. The van der Waals surface area contributed by atoms with Gasteiger partial charge in [0.05, 0.1) is 23.5 Å². The molecule has 2 N–H and O–H groups in total. The number of rotatable bonds is 1. The molecule has 0 radical (unpaired) electrons. The van der Waals surface area contributed by atoms with Crippen LogP contribution in [0.2, 0.25) is 5.02 Å². The molecule has 2 aromatic rings. The second-order valence-electron chi connectivity index (χ2n) is 3.28. The molecule has 0 atom stereocenters. The van der Waals surface area contributed by atoms with Crippen molar-refractivity contribution in [2.24, 2.45) is 0 Å². The minimum atomic E-state index is 0.510. The number of nitrogen functional groups attached to an aromatic ring is 1. The third-order valence-electron chi connectivity index (χ3n) is 2.34. The molecule has 1 aromatic carbocycles. The summed E-state index contributed by atoms with van der Waals surface area (Å²) < 4.78 is 5.22. The average Bonchev–Trinajstić information content (AvgIpc) is 2.25. The molecular weight excluding hydrogens is 212 g/mol. The number of hydrogen-bond acceptors (Lipinski definition) is 3. The second kappa shape index (κ2) is 3.59. The Morgan fingerprint density at radius 2 is 2.13 bits per heavy atom. The predicted molar refractivity (Wildman–Crippen MR) is 62.5 cm³/mol. The van der Waals surface area contributed by atoms with Gasteiger partial charge >= 0.3 is 0 Å². The van der Waals surface area contributed by atoms with Gasteiger partial charge in [-0.2, -0.15) is 0 Å². The van der Waals surface area contributed by atoms with E-state index in [1.54, 1.807) is 7.11 Å². The predicted octanol–water partition coefficient (Wildman–Crippen LogP) is 2.79. The summed E-state index contributed by atoms with van der Waals surface area (Å²) in [5.41, 5.74) is 7.93. The summed E-state index contributed by atoms with van der Waals surface area (Å²) in [6, 6.07) is 5.60. The van der Waals surface area contributed by atoms with E-state index in [0.29, 0.717) is 22.2 Å². The van der Waals surface area contributed by atoms with Crippen molar-refractivity contribution in [1.29, 1.82) is 0 Å². The fourth-order valence-corrected chi connectivity index (χ4v) is 1.69. The van der Waals surface area contributed by atoms with Crippen LogP contribution in [0.3, 0.4) is 0 Å². The molecule has 1 aromatic heterocycles. The van der Waals surface area contributed by atoms with Crippen molar-refractivity contribution < 1.29 is 4.74 Å². The van der Waals surface area contributed by atoms with Gasteiger partial charge in [-0.3, -0.25) is 0 Å². The summed E-state index contributed by atoms with van der Waals surface area (Å²) in [6.07, 6.45) is 0. The number of hydrogen-bond donors (Lipinski definition) is 1. The number of halogens is 1. The van der Waals surface area contributed by atoms with Gasteiger partial charge in [-0.1, -0.05) is 23.7 Å². The summed E-state index contributed by atoms with van der Waals surface area (Å²) >= 11 is 6.02. The van der Waals surface area contributed by atoms with Gasteiger partial charge < -0.3 is 10.5 Å². The molecule has 0 aliphatic carbocycles. The monoisotopic (exact) mass is 222 g/mol. The van der Waals surface area contributed by atoms with Gasteiger partial charge in [-0.25, -0.2) is 4.98 Å². The Kier molecular flexibility index (Phi) is 2.40. The molecule has 0 amide bonds. The van der Waals surface area contributed by atoms with Gasteiger partial charge in [-0.05, 0) is 13.0 Å². The lowest BCUT2D eigenvalue weighted by molar-refractivity contribution is 0.419. The maximum absolute atomic E-state index is 6.02. The summed E-state index contributed by atoms with van der Waals surface area (Å²) in [4.78, 5) is 4.37. The zero-order valence-corrected chi connectivity index (χ0v) is 9.30.